The Labute approximate surface area is 150 Å². The topological polar surface area (TPSA) is 69.1 Å². The maximum atomic E-state index is 12.5. The van der Waals surface area contributed by atoms with E-state index in [1.165, 1.54) is 0 Å². The number of furan rings is 1. The second-order valence-corrected chi connectivity index (χ2v) is 6.06. The Morgan fingerprint density at radius 2 is 1.81 bits per heavy atom. The standard InChI is InChI=1S/C21H16N2O3/c1-14-5-2-7-16(11-14)18(24)13-15-6-3-8-17(12-15)20-22-23-21(26-20)19-9-4-10-25-19/h2-12H,13H2,1H3. The Balaban J connectivity index is 1.56. The molecule has 0 saturated carbocycles. The number of hydrogen-bond acceptors (Lipinski definition) is 5. The molecule has 2 aromatic carbocycles. The Bertz CT molecular complexity index is 1050. The van der Waals surface area contributed by atoms with Crippen molar-refractivity contribution >= 4 is 5.78 Å². The van der Waals surface area contributed by atoms with Gasteiger partial charge in [0.25, 0.3) is 5.89 Å². The van der Waals surface area contributed by atoms with Crippen molar-refractivity contribution in [2.75, 3.05) is 0 Å². The quantitative estimate of drug-likeness (QED) is 0.490. The zero-order valence-electron chi connectivity index (χ0n) is 14.2. The monoisotopic (exact) mass is 344 g/mol. The predicted octanol–water partition coefficient (Wildman–Crippen LogP) is 4.73. The van der Waals surface area contributed by atoms with Gasteiger partial charge in [-0.25, -0.2) is 0 Å². The number of nitrogens with zero attached hydrogens (tertiary/aromatic N) is 2. The first-order valence-electron chi connectivity index (χ1n) is 8.25. The average molecular weight is 344 g/mol. The van der Waals surface area contributed by atoms with Crippen LogP contribution >= 0.6 is 0 Å². The molecular formula is C21H16N2O3. The van der Waals surface area contributed by atoms with Gasteiger partial charge in [0.1, 0.15) is 0 Å². The molecule has 5 heteroatoms. The number of hydrogen-bond donors (Lipinski definition) is 0. The van der Waals surface area contributed by atoms with Crippen LogP contribution in [0.1, 0.15) is 21.5 Å². The summed E-state index contributed by atoms with van der Waals surface area (Å²) in [6.45, 7) is 1.98. The lowest BCUT2D eigenvalue weighted by Crippen LogP contribution is -2.03. The molecule has 128 valence electrons. The molecule has 0 fully saturated rings. The van der Waals surface area contributed by atoms with E-state index in [9.17, 15) is 4.79 Å². The molecular weight excluding hydrogens is 328 g/mol. The van der Waals surface area contributed by atoms with E-state index in [4.69, 9.17) is 8.83 Å². The van der Waals surface area contributed by atoms with Gasteiger partial charge >= 0.3 is 0 Å². The molecule has 2 aromatic heterocycles. The fourth-order valence-electron chi connectivity index (χ4n) is 2.76. The third kappa shape index (κ3) is 3.32. The molecule has 5 nitrogen and oxygen atoms in total. The van der Waals surface area contributed by atoms with Crippen molar-refractivity contribution in [2.45, 2.75) is 13.3 Å². The van der Waals surface area contributed by atoms with E-state index >= 15 is 0 Å². The summed E-state index contributed by atoms with van der Waals surface area (Å²) < 4.78 is 10.9. The SMILES string of the molecule is Cc1cccc(C(=O)Cc2cccc(-c3nnc(-c4ccco4)o3)c2)c1. The first-order chi connectivity index (χ1) is 12.7. The van der Waals surface area contributed by atoms with Crippen LogP contribution in [0.15, 0.2) is 75.8 Å². The molecule has 0 radical (unpaired) electrons. The normalized spacial score (nSPS) is 10.8. The largest absolute Gasteiger partial charge is 0.459 e. The minimum Gasteiger partial charge on any atom is -0.459 e. The minimum absolute atomic E-state index is 0.0765. The molecule has 4 aromatic rings. The predicted molar refractivity (Wildman–Crippen MR) is 96.6 cm³/mol. The van der Waals surface area contributed by atoms with Crippen molar-refractivity contribution in [3.63, 3.8) is 0 Å². The molecule has 4 rings (SSSR count). The van der Waals surface area contributed by atoms with Crippen LogP contribution in [0, 0.1) is 6.92 Å². The van der Waals surface area contributed by atoms with Crippen molar-refractivity contribution in [2.24, 2.45) is 0 Å². The Hall–Kier alpha value is -3.47. The molecule has 0 spiro atoms. The van der Waals surface area contributed by atoms with Gasteiger partial charge in [-0.2, -0.15) is 0 Å². The molecule has 0 amide bonds. The van der Waals surface area contributed by atoms with E-state index in [2.05, 4.69) is 10.2 Å². The lowest BCUT2D eigenvalue weighted by atomic mass is 10.0. The highest BCUT2D eigenvalue weighted by atomic mass is 16.4. The number of aromatic nitrogens is 2. The van der Waals surface area contributed by atoms with Gasteiger partial charge in [0.05, 0.1) is 6.26 Å². The summed E-state index contributed by atoms with van der Waals surface area (Å²) in [7, 11) is 0. The van der Waals surface area contributed by atoms with Crippen LogP contribution in [0.2, 0.25) is 0 Å². The molecule has 0 aliphatic heterocycles. The Morgan fingerprint density at radius 1 is 0.962 bits per heavy atom. The highest BCUT2D eigenvalue weighted by Crippen LogP contribution is 2.25. The maximum Gasteiger partial charge on any atom is 0.283 e. The summed E-state index contributed by atoms with van der Waals surface area (Å²) in [5.41, 5.74) is 3.45. The molecule has 2 heterocycles. The van der Waals surface area contributed by atoms with Crippen molar-refractivity contribution in [1.29, 1.82) is 0 Å². The highest BCUT2D eigenvalue weighted by molar-refractivity contribution is 5.97. The number of benzene rings is 2. The van der Waals surface area contributed by atoms with Crippen molar-refractivity contribution in [3.8, 4) is 23.1 Å². The average Bonchev–Trinajstić information content (AvgIpc) is 3.33. The van der Waals surface area contributed by atoms with Crippen molar-refractivity contribution in [1.82, 2.24) is 10.2 Å². The second-order valence-electron chi connectivity index (χ2n) is 6.06. The zero-order chi connectivity index (χ0) is 17.9. The molecule has 0 unspecified atom stereocenters. The van der Waals surface area contributed by atoms with Crippen LogP contribution in [0.4, 0.5) is 0 Å². The van der Waals surface area contributed by atoms with Gasteiger partial charge in [-0.05, 0) is 42.8 Å². The maximum absolute atomic E-state index is 12.5. The number of carbonyl (C=O) groups excluding carboxylic acids is 1. The minimum atomic E-state index is 0.0765. The summed E-state index contributed by atoms with van der Waals surface area (Å²) in [5, 5.41) is 8.08. The lowest BCUT2D eigenvalue weighted by Gasteiger charge is -2.04. The summed E-state index contributed by atoms with van der Waals surface area (Å²) in [6.07, 6.45) is 1.87. The van der Waals surface area contributed by atoms with E-state index in [-0.39, 0.29) is 5.78 Å². The van der Waals surface area contributed by atoms with Gasteiger partial charge in [-0.15, -0.1) is 10.2 Å². The number of aryl methyl sites for hydroxylation is 1. The number of ketones is 1. The zero-order valence-corrected chi connectivity index (χ0v) is 14.2. The van der Waals surface area contributed by atoms with Crippen molar-refractivity contribution < 1.29 is 13.6 Å². The van der Waals surface area contributed by atoms with E-state index < -0.39 is 0 Å². The van der Waals surface area contributed by atoms with E-state index in [0.717, 1.165) is 16.7 Å². The number of Topliss-reactive ketones (excluding diaryl/α,β-unsaturated/α-hetero) is 1. The van der Waals surface area contributed by atoms with E-state index in [1.807, 2.05) is 55.5 Å². The van der Waals surface area contributed by atoms with Gasteiger partial charge in [-0.1, -0.05) is 35.9 Å². The fourth-order valence-corrected chi connectivity index (χ4v) is 2.76. The van der Waals surface area contributed by atoms with E-state index in [1.54, 1.807) is 18.4 Å². The molecule has 0 aliphatic carbocycles. The van der Waals surface area contributed by atoms with Gasteiger partial charge in [-0.3, -0.25) is 4.79 Å². The van der Waals surface area contributed by atoms with Crippen LogP contribution in [-0.4, -0.2) is 16.0 Å². The molecule has 0 atom stereocenters. The molecule has 0 aliphatic rings. The van der Waals surface area contributed by atoms with Crippen LogP contribution in [0.25, 0.3) is 23.1 Å². The van der Waals surface area contributed by atoms with E-state index in [0.29, 0.717) is 29.5 Å². The smallest absolute Gasteiger partial charge is 0.283 e. The fraction of sp³-hybridized carbons (Fsp3) is 0.0952. The second kappa shape index (κ2) is 6.80. The first kappa shape index (κ1) is 16.0. The summed E-state index contributed by atoms with van der Waals surface area (Å²) in [5.74, 6) is 1.31. The van der Waals surface area contributed by atoms with Crippen LogP contribution in [-0.2, 0) is 6.42 Å². The third-order valence-corrected chi connectivity index (χ3v) is 4.04. The van der Waals surface area contributed by atoms with Gasteiger partial charge < -0.3 is 8.83 Å². The molecule has 0 saturated heterocycles. The molecule has 0 bridgehead atoms. The lowest BCUT2D eigenvalue weighted by molar-refractivity contribution is 0.0993. The summed E-state index contributed by atoms with van der Waals surface area (Å²) in [4.78, 5) is 12.5. The Kier molecular flexibility index (Phi) is 4.19. The Morgan fingerprint density at radius 3 is 2.62 bits per heavy atom. The van der Waals surface area contributed by atoms with Gasteiger partial charge in [0.15, 0.2) is 11.5 Å². The van der Waals surface area contributed by atoms with Crippen LogP contribution in [0.5, 0.6) is 0 Å². The number of carbonyl (C=O) groups is 1. The molecule has 26 heavy (non-hydrogen) atoms. The number of rotatable bonds is 5. The van der Waals surface area contributed by atoms with Crippen LogP contribution < -0.4 is 0 Å². The highest BCUT2D eigenvalue weighted by Gasteiger charge is 2.14. The van der Waals surface area contributed by atoms with Crippen molar-refractivity contribution in [3.05, 3.63) is 83.6 Å². The summed E-state index contributed by atoms with van der Waals surface area (Å²) >= 11 is 0. The third-order valence-electron chi connectivity index (χ3n) is 4.04. The first-order valence-corrected chi connectivity index (χ1v) is 8.25. The summed E-state index contributed by atoms with van der Waals surface area (Å²) in [6, 6.07) is 18.7. The van der Waals surface area contributed by atoms with Gasteiger partial charge in [0, 0.05) is 17.5 Å². The van der Waals surface area contributed by atoms with Gasteiger partial charge in [0.2, 0.25) is 5.89 Å². The van der Waals surface area contributed by atoms with Crippen LogP contribution in [0.3, 0.4) is 0 Å². The molecule has 0 N–H and O–H groups in total.